The van der Waals surface area contributed by atoms with Gasteiger partial charge >= 0.3 is 0 Å². The highest BCUT2D eigenvalue weighted by atomic mass is 32.2. The molecule has 0 saturated carbocycles. The fourth-order valence-corrected chi connectivity index (χ4v) is 5.00. The van der Waals surface area contributed by atoms with Crippen molar-refractivity contribution in [3.63, 3.8) is 0 Å². The summed E-state index contributed by atoms with van der Waals surface area (Å²) in [5.41, 5.74) is 0. The second-order valence-electron chi connectivity index (χ2n) is 6.93. The van der Waals surface area contributed by atoms with Crippen LogP contribution in [0.25, 0.3) is 0 Å². The van der Waals surface area contributed by atoms with Gasteiger partial charge in [-0.2, -0.15) is 17.0 Å². The molecule has 0 spiro atoms. The molecule has 2 saturated heterocycles. The first-order valence-electron chi connectivity index (χ1n) is 8.98. The van der Waals surface area contributed by atoms with Gasteiger partial charge < -0.3 is 5.32 Å². The van der Waals surface area contributed by atoms with Crippen molar-refractivity contribution >= 4 is 16.1 Å². The molecule has 0 radical (unpaired) electrons. The number of rotatable bonds is 6. The standard InChI is InChI=1S/C16H31N3O3S/c1-3-4-9-17-16(20)15-6-5-10-19(13-15)23(21,22)18-11-7-14(2)8-12-18/h14-15H,3-13H2,1-2H3,(H,17,20). The topological polar surface area (TPSA) is 69.7 Å². The number of hydrogen-bond donors (Lipinski definition) is 1. The molecule has 6 nitrogen and oxygen atoms in total. The van der Waals surface area contributed by atoms with Gasteiger partial charge in [-0.3, -0.25) is 4.79 Å². The van der Waals surface area contributed by atoms with Crippen LogP contribution in [0.5, 0.6) is 0 Å². The number of hydrogen-bond acceptors (Lipinski definition) is 3. The molecule has 1 atom stereocenters. The highest BCUT2D eigenvalue weighted by Gasteiger charge is 2.36. The molecule has 7 heteroatoms. The van der Waals surface area contributed by atoms with Crippen LogP contribution in [0.15, 0.2) is 0 Å². The maximum absolute atomic E-state index is 12.8. The van der Waals surface area contributed by atoms with E-state index in [1.165, 1.54) is 4.31 Å². The molecule has 0 aliphatic carbocycles. The zero-order valence-corrected chi connectivity index (χ0v) is 15.3. The lowest BCUT2D eigenvalue weighted by Crippen LogP contribution is -2.52. The molecule has 1 N–H and O–H groups in total. The number of carbonyl (C=O) groups excluding carboxylic acids is 1. The summed E-state index contributed by atoms with van der Waals surface area (Å²) >= 11 is 0. The number of piperidine rings is 2. The summed E-state index contributed by atoms with van der Waals surface area (Å²) in [5.74, 6) is 0.393. The van der Waals surface area contributed by atoms with Gasteiger partial charge in [-0.25, -0.2) is 0 Å². The fourth-order valence-electron chi connectivity index (χ4n) is 3.28. The Morgan fingerprint density at radius 1 is 1.13 bits per heavy atom. The van der Waals surface area contributed by atoms with E-state index in [9.17, 15) is 13.2 Å². The average molecular weight is 346 g/mol. The molecule has 0 aromatic rings. The fraction of sp³-hybridized carbons (Fsp3) is 0.938. The van der Waals surface area contributed by atoms with E-state index in [0.717, 1.165) is 38.5 Å². The Hall–Kier alpha value is -0.660. The van der Waals surface area contributed by atoms with E-state index in [4.69, 9.17) is 0 Å². The minimum absolute atomic E-state index is 0.00520. The summed E-state index contributed by atoms with van der Waals surface area (Å²) in [5, 5.41) is 2.94. The molecule has 2 heterocycles. The van der Waals surface area contributed by atoms with Crippen molar-refractivity contribution in [3.05, 3.63) is 0 Å². The Balaban J connectivity index is 1.93. The number of nitrogens with one attached hydrogen (secondary N) is 1. The van der Waals surface area contributed by atoms with E-state index in [1.807, 2.05) is 0 Å². The highest BCUT2D eigenvalue weighted by molar-refractivity contribution is 7.86. The van der Waals surface area contributed by atoms with Gasteiger partial charge in [0.25, 0.3) is 10.2 Å². The minimum Gasteiger partial charge on any atom is -0.356 e. The third-order valence-corrected chi connectivity index (χ3v) is 6.98. The van der Waals surface area contributed by atoms with Crippen molar-refractivity contribution in [2.24, 2.45) is 11.8 Å². The van der Waals surface area contributed by atoms with Gasteiger partial charge in [0.05, 0.1) is 5.92 Å². The van der Waals surface area contributed by atoms with E-state index in [2.05, 4.69) is 19.2 Å². The molecule has 1 unspecified atom stereocenters. The van der Waals surface area contributed by atoms with Gasteiger partial charge in [-0.05, 0) is 38.0 Å². The second-order valence-corrected chi connectivity index (χ2v) is 8.86. The van der Waals surface area contributed by atoms with E-state index in [0.29, 0.717) is 38.6 Å². The predicted octanol–water partition coefficient (Wildman–Crippen LogP) is 1.59. The minimum atomic E-state index is -3.41. The smallest absolute Gasteiger partial charge is 0.281 e. The largest absolute Gasteiger partial charge is 0.356 e. The van der Waals surface area contributed by atoms with Gasteiger partial charge in [0.2, 0.25) is 5.91 Å². The normalized spacial score (nSPS) is 25.4. The summed E-state index contributed by atoms with van der Waals surface area (Å²) in [6.45, 7) is 7.00. The van der Waals surface area contributed by atoms with Crippen molar-refractivity contribution in [1.82, 2.24) is 13.9 Å². The van der Waals surface area contributed by atoms with Gasteiger partial charge in [0, 0.05) is 32.7 Å². The first-order valence-corrected chi connectivity index (χ1v) is 10.4. The quantitative estimate of drug-likeness (QED) is 0.743. The molecule has 2 rings (SSSR count). The third-order valence-electron chi connectivity index (χ3n) is 4.98. The molecule has 0 aromatic heterocycles. The van der Waals surface area contributed by atoms with E-state index in [1.54, 1.807) is 4.31 Å². The summed E-state index contributed by atoms with van der Waals surface area (Å²) in [6.07, 6.45) is 5.39. The lowest BCUT2D eigenvalue weighted by Gasteiger charge is -2.37. The number of carbonyl (C=O) groups is 1. The Morgan fingerprint density at radius 2 is 1.83 bits per heavy atom. The number of unbranched alkanes of at least 4 members (excludes halogenated alkanes) is 1. The van der Waals surface area contributed by atoms with Crippen molar-refractivity contribution in [1.29, 1.82) is 0 Å². The van der Waals surface area contributed by atoms with Crippen molar-refractivity contribution in [2.45, 2.75) is 52.4 Å². The highest BCUT2D eigenvalue weighted by Crippen LogP contribution is 2.25. The van der Waals surface area contributed by atoms with Crippen molar-refractivity contribution in [2.75, 3.05) is 32.7 Å². The van der Waals surface area contributed by atoms with E-state index in [-0.39, 0.29) is 11.8 Å². The molecule has 0 aromatic carbocycles. The average Bonchev–Trinajstić information content (AvgIpc) is 2.55. The van der Waals surface area contributed by atoms with Gasteiger partial charge in [0.15, 0.2) is 0 Å². The summed E-state index contributed by atoms with van der Waals surface area (Å²) < 4.78 is 28.7. The van der Waals surface area contributed by atoms with Crippen LogP contribution in [0.1, 0.15) is 52.4 Å². The number of nitrogens with zero attached hydrogens (tertiary/aromatic N) is 2. The van der Waals surface area contributed by atoms with E-state index >= 15 is 0 Å². The lowest BCUT2D eigenvalue weighted by molar-refractivity contribution is -0.126. The molecule has 2 fully saturated rings. The van der Waals surface area contributed by atoms with Crippen LogP contribution >= 0.6 is 0 Å². The van der Waals surface area contributed by atoms with Crippen LogP contribution in [0.3, 0.4) is 0 Å². The summed E-state index contributed by atoms with van der Waals surface area (Å²) in [4.78, 5) is 12.2. The van der Waals surface area contributed by atoms with Crippen LogP contribution < -0.4 is 5.32 Å². The SMILES string of the molecule is CCCCNC(=O)C1CCCN(S(=O)(=O)N2CCC(C)CC2)C1. The molecular weight excluding hydrogens is 314 g/mol. The molecular formula is C16H31N3O3S. The van der Waals surface area contributed by atoms with Gasteiger partial charge in [-0.15, -0.1) is 0 Å². The van der Waals surface area contributed by atoms with Crippen molar-refractivity contribution in [3.8, 4) is 0 Å². The monoisotopic (exact) mass is 345 g/mol. The first-order chi connectivity index (χ1) is 10.9. The van der Waals surface area contributed by atoms with E-state index < -0.39 is 10.2 Å². The molecule has 1 amide bonds. The zero-order valence-electron chi connectivity index (χ0n) is 14.5. The molecule has 134 valence electrons. The maximum atomic E-state index is 12.8. The zero-order chi connectivity index (χ0) is 16.9. The Labute approximate surface area is 140 Å². The summed E-state index contributed by atoms with van der Waals surface area (Å²) in [6, 6.07) is 0. The number of amides is 1. The van der Waals surface area contributed by atoms with Gasteiger partial charge in [0.1, 0.15) is 0 Å². The predicted molar refractivity (Wildman–Crippen MR) is 91.1 cm³/mol. The second kappa shape index (κ2) is 8.44. The van der Waals surface area contributed by atoms with Crippen LogP contribution in [-0.2, 0) is 15.0 Å². The Bertz CT molecular complexity index is 487. The van der Waals surface area contributed by atoms with Gasteiger partial charge in [-0.1, -0.05) is 20.3 Å². The van der Waals surface area contributed by atoms with Crippen LogP contribution in [0, 0.1) is 11.8 Å². The molecule has 2 aliphatic heterocycles. The molecule has 0 bridgehead atoms. The molecule has 23 heavy (non-hydrogen) atoms. The summed E-state index contributed by atoms with van der Waals surface area (Å²) in [7, 11) is -3.41. The lowest BCUT2D eigenvalue weighted by atomic mass is 9.99. The van der Waals surface area contributed by atoms with Crippen LogP contribution in [0.4, 0.5) is 0 Å². The van der Waals surface area contributed by atoms with Crippen molar-refractivity contribution < 1.29 is 13.2 Å². The first kappa shape index (κ1) is 18.7. The Kier molecular flexibility index (Phi) is 6.85. The van der Waals surface area contributed by atoms with Crippen LogP contribution in [0.2, 0.25) is 0 Å². The molecule has 2 aliphatic rings. The van der Waals surface area contributed by atoms with Crippen LogP contribution in [-0.4, -0.2) is 55.7 Å². The maximum Gasteiger partial charge on any atom is 0.281 e. The third kappa shape index (κ3) is 4.90. The Morgan fingerprint density at radius 3 is 2.48 bits per heavy atom.